The Balaban J connectivity index is 1.92. The van der Waals surface area contributed by atoms with Crippen molar-refractivity contribution in [1.29, 1.82) is 0 Å². The Kier molecular flexibility index (Phi) is 7.33. The van der Waals surface area contributed by atoms with Gasteiger partial charge in [-0.25, -0.2) is 8.42 Å². The summed E-state index contributed by atoms with van der Waals surface area (Å²) in [4.78, 5) is 12.1. The molecule has 0 spiro atoms. The highest BCUT2D eigenvalue weighted by Gasteiger charge is 2.26. The number of nitrogens with one attached hydrogen (secondary N) is 1. The lowest BCUT2D eigenvalue weighted by Crippen LogP contribution is -2.40. The summed E-state index contributed by atoms with van der Waals surface area (Å²) in [5.41, 5.74) is 6.30. The number of sulfonamides is 1. The molecule has 1 aliphatic rings. The fourth-order valence-corrected chi connectivity index (χ4v) is 3.87. The lowest BCUT2D eigenvalue weighted by molar-refractivity contribution is -0.123. The van der Waals surface area contributed by atoms with E-state index in [2.05, 4.69) is 5.32 Å². The summed E-state index contributed by atoms with van der Waals surface area (Å²) in [5.74, 6) is -0.165. The van der Waals surface area contributed by atoms with Crippen LogP contribution in [0, 0.1) is 0 Å². The van der Waals surface area contributed by atoms with Gasteiger partial charge in [-0.1, -0.05) is 12.1 Å². The minimum atomic E-state index is -3.50. The van der Waals surface area contributed by atoms with Gasteiger partial charge in [0.15, 0.2) is 0 Å². The van der Waals surface area contributed by atoms with Gasteiger partial charge in [-0.15, -0.1) is 0 Å². The number of methoxy groups -OCH3 is 1. The number of morpholine rings is 1. The van der Waals surface area contributed by atoms with Crippen molar-refractivity contribution < 1.29 is 22.7 Å². The summed E-state index contributed by atoms with van der Waals surface area (Å²) >= 11 is 0. The molecule has 1 amide bonds. The number of hydrogen-bond acceptors (Lipinski definition) is 6. The first kappa shape index (κ1) is 19.8. The fourth-order valence-electron chi connectivity index (χ4n) is 2.46. The zero-order chi connectivity index (χ0) is 18.3. The third-order valence-corrected chi connectivity index (χ3v) is 5.94. The number of ether oxygens (including phenoxy) is 2. The number of nitrogens with zero attached hydrogens (tertiary/aromatic N) is 1. The molecule has 140 valence electrons. The Morgan fingerprint density at radius 3 is 2.52 bits per heavy atom. The van der Waals surface area contributed by atoms with Crippen LogP contribution in [0.2, 0.25) is 0 Å². The van der Waals surface area contributed by atoms with Crippen molar-refractivity contribution in [2.75, 3.05) is 40.0 Å². The summed E-state index contributed by atoms with van der Waals surface area (Å²) < 4.78 is 36.7. The normalized spacial score (nSPS) is 17.2. The first-order valence-corrected chi connectivity index (χ1v) is 9.57. The summed E-state index contributed by atoms with van der Waals surface area (Å²) in [5, 5.41) is 2.77. The molecule has 8 nitrogen and oxygen atoms in total. The molecule has 0 bridgehead atoms. The first-order chi connectivity index (χ1) is 12.0. The van der Waals surface area contributed by atoms with E-state index in [-0.39, 0.29) is 29.9 Å². The van der Waals surface area contributed by atoms with E-state index in [0.29, 0.717) is 32.8 Å². The van der Waals surface area contributed by atoms with Gasteiger partial charge in [-0.3, -0.25) is 4.79 Å². The molecule has 1 aromatic rings. The lowest BCUT2D eigenvalue weighted by Gasteiger charge is -2.26. The molecule has 1 aliphatic heterocycles. The summed E-state index contributed by atoms with van der Waals surface area (Å²) in [6, 6.07) is 6.52. The quantitative estimate of drug-likeness (QED) is 0.648. The number of rotatable bonds is 8. The molecule has 1 aromatic carbocycles. The van der Waals surface area contributed by atoms with Gasteiger partial charge in [0.25, 0.3) is 0 Å². The lowest BCUT2D eigenvalue weighted by atomic mass is 10.2. The van der Waals surface area contributed by atoms with E-state index < -0.39 is 10.0 Å². The molecule has 25 heavy (non-hydrogen) atoms. The van der Waals surface area contributed by atoms with Crippen LogP contribution in [0.1, 0.15) is 12.0 Å². The number of nitrogens with two attached hydrogens (primary N) is 1. The van der Waals surface area contributed by atoms with E-state index in [4.69, 9.17) is 15.2 Å². The van der Waals surface area contributed by atoms with Crippen LogP contribution in [-0.2, 0) is 30.8 Å². The van der Waals surface area contributed by atoms with E-state index in [0.717, 1.165) is 5.56 Å². The van der Waals surface area contributed by atoms with Gasteiger partial charge in [0.05, 0.1) is 30.6 Å². The predicted molar refractivity (Wildman–Crippen MR) is 92.3 cm³/mol. The van der Waals surface area contributed by atoms with Gasteiger partial charge < -0.3 is 20.5 Å². The van der Waals surface area contributed by atoms with Crippen molar-refractivity contribution in [3.8, 4) is 0 Å². The Hall–Kier alpha value is -1.52. The van der Waals surface area contributed by atoms with Crippen LogP contribution < -0.4 is 11.1 Å². The topological polar surface area (TPSA) is 111 Å². The molecule has 2 rings (SSSR count). The van der Waals surface area contributed by atoms with E-state index in [1.807, 2.05) is 0 Å². The highest BCUT2D eigenvalue weighted by molar-refractivity contribution is 7.89. The minimum Gasteiger partial charge on any atom is -0.380 e. The maximum atomic E-state index is 12.5. The molecular weight excluding hydrogens is 346 g/mol. The molecule has 0 saturated carbocycles. The largest absolute Gasteiger partial charge is 0.380 e. The summed E-state index contributed by atoms with van der Waals surface area (Å²) in [6.45, 7) is 2.14. The first-order valence-electron chi connectivity index (χ1n) is 8.13. The monoisotopic (exact) mass is 371 g/mol. The van der Waals surface area contributed by atoms with Gasteiger partial charge in [-0.2, -0.15) is 4.31 Å². The fraction of sp³-hybridized carbons (Fsp3) is 0.562. The van der Waals surface area contributed by atoms with Gasteiger partial charge in [0.1, 0.15) is 0 Å². The molecule has 0 aliphatic carbocycles. The van der Waals surface area contributed by atoms with E-state index >= 15 is 0 Å². The van der Waals surface area contributed by atoms with Gasteiger partial charge in [0.2, 0.25) is 15.9 Å². The molecule has 0 aromatic heterocycles. The summed E-state index contributed by atoms with van der Waals surface area (Å²) in [7, 11) is -1.98. The molecule has 0 radical (unpaired) electrons. The predicted octanol–water partition coefficient (Wildman–Crippen LogP) is -0.312. The van der Waals surface area contributed by atoms with Gasteiger partial charge in [0, 0.05) is 33.3 Å². The van der Waals surface area contributed by atoms with E-state index in [9.17, 15) is 13.2 Å². The van der Waals surface area contributed by atoms with E-state index in [1.54, 1.807) is 24.3 Å². The Labute approximate surface area is 148 Å². The van der Waals surface area contributed by atoms with Crippen molar-refractivity contribution in [3.05, 3.63) is 29.8 Å². The third-order valence-electron chi connectivity index (χ3n) is 4.03. The molecule has 3 N–H and O–H groups in total. The molecule has 1 saturated heterocycles. The maximum Gasteiger partial charge on any atom is 0.243 e. The van der Waals surface area contributed by atoms with E-state index in [1.165, 1.54) is 11.4 Å². The van der Waals surface area contributed by atoms with Crippen LogP contribution in [0.4, 0.5) is 0 Å². The van der Waals surface area contributed by atoms with Crippen LogP contribution in [0.25, 0.3) is 0 Å². The van der Waals surface area contributed by atoms with Crippen molar-refractivity contribution in [1.82, 2.24) is 9.62 Å². The molecule has 1 atom stereocenters. The Bertz CT molecular complexity index is 653. The van der Waals surface area contributed by atoms with Gasteiger partial charge in [-0.05, 0) is 17.7 Å². The van der Waals surface area contributed by atoms with Crippen LogP contribution in [0.3, 0.4) is 0 Å². The third kappa shape index (κ3) is 5.48. The van der Waals surface area contributed by atoms with Crippen LogP contribution >= 0.6 is 0 Å². The molecule has 1 heterocycles. The molecular formula is C16H25N3O5S. The number of carbonyl (C=O) groups is 1. The second-order valence-corrected chi connectivity index (χ2v) is 7.67. The molecule has 9 heteroatoms. The summed E-state index contributed by atoms with van der Waals surface area (Å²) in [6.07, 6.45) is -0.114. The van der Waals surface area contributed by atoms with Crippen LogP contribution in [-0.4, -0.2) is 64.7 Å². The molecule has 1 fully saturated rings. The van der Waals surface area contributed by atoms with Crippen molar-refractivity contribution in [2.24, 2.45) is 5.73 Å². The van der Waals surface area contributed by atoms with Crippen LogP contribution in [0.15, 0.2) is 29.2 Å². The smallest absolute Gasteiger partial charge is 0.243 e. The number of hydrogen-bond donors (Lipinski definition) is 2. The Morgan fingerprint density at radius 2 is 1.96 bits per heavy atom. The second kappa shape index (κ2) is 9.25. The number of carbonyl (C=O) groups excluding carboxylic acids is 1. The number of amides is 1. The van der Waals surface area contributed by atoms with Gasteiger partial charge >= 0.3 is 0 Å². The average Bonchev–Trinajstić information content (AvgIpc) is 2.65. The van der Waals surface area contributed by atoms with Crippen molar-refractivity contribution in [3.63, 3.8) is 0 Å². The maximum absolute atomic E-state index is 12.5. The average molecular weight is 371 g/mol. The zero-order valence-corrected chi connectivity index (χ0v) is 15.1. The molecule has 1 unspecified atom stereocenters. The van der Waals surface area contributed by atoms with Crippen molar-refractivity contribution in [2.45, 2.75) is 24.0 Å². The van der Waals surface area contributed by atoms with Crippen LogP contribution in [0.5, 0.6) is 0 Å². The second-order valence-electron chi connectivity index (χ2n) is 5.73. The SMILES string of the molecule is COC(CN)CC(=O)NCc1ccc(S(=O)(=O)N2CCOCC2)cc1. The number of benzene rings is 1. The highest BCUT2D eigenvalue weighted by atomic mass is 32.2. The van der Waals surface area contributed by atoms with Crippen molar-refractivity contribution >= 4 is 15.9 Å². The Morgan fingerprint density at radius 1 is 1.32 bits per heavy atom. The zero-order valence-electron chi connectivity index (χ0n) is 14.3. The minimum absolute atomic E-state index is 0.165. The highest BCUT2D eigenvalue weighted by Crippen LogP contribution is 2.17. The standard InChI is InChI=1S/C16H25N3O5S/c1-23-14(11-17)10-16(20)18-12-13-2-4-15(5-3-13)25(21,22)19-6-8-24-9-7-19/h2-5,14H,6-12,17H2,1H3,(H,18,20).